The average molecular weight is 238 g/mol. The lowest BCUT2D eigenvalue weighted by atomic mass is 9.76. The Morgan fingerprint density at radius 2 is 2.12 bits per heavy atom. The third kappa shape index (κ3) is 4.44. The fourth-order valence-electron chi connectivity index (χ4n) is 2.96. The van der Waals surface area contributed by atoms with Crippen LogP contribution in [0.3, 0.4) is 0 Å². The Hall–Kier alpha value is -0.340. The lowest BCUT2D eigenvalue weighted by Gasteiger charge is -2.44. The molecule has 0 aromatic heterocycles. The molecule has 0 aromatic rings. The maximum absolute atomic E-state index is 6.60. The quantitative estimate of drug-likeness (QED) is 0.762. The van der Waals surface area contributed by atoms with Gasteiger partial charge in [-0.25, -0.2) is 0 Å². The maximum Gasteiger partial charge on any atom is 0.0286 e. The highest BCUT2D eigenvalue weighted by atomic mass is 15.2. The molecule has 0 heterocycles. The first kappa shape index (κ1) is 14.7. The van der Waals surface area contributed by atoms with Gasteiger partial charge in [0.2, 0.25) is 0 Å². The van der Waals surface area contributed by atoms with Crippen LogP contribution in [0.15, 0.2) is 12.7 Å². The monoisotopic (exact) mass is 238 g/mol. The molecule has 0 radical (unpaired) electrons. The maximum atomic E-state index is 6.60. The SMILES string of the molecule is C=CCN(CC1(N)CCCC(C)C1)C(C)(C)C. The summed E-state index contributed by atoms with van der Waals surface area (Å²) in [6, 6.07) is 0. The molecule has 1 rings (SSSR count). The van der Waals surface area contributed by atoms with E-state index < -0.39 is 0 Å². The van der Waals surface area contributed by atoms with Crippen molar-refractivity contribution in [1.29, 1.82) is 0 Å². The van der Waals surface area contributed by atoms with E-state index in [0.29, 0.717) is 0 Å². The highest BCUT2D eigenvalue weighted by molar-refractivity contribution is 4.96. The second kappa shape index (κ2) is 5.53. The Morgan fingerprint density at radius 1 is 1.47 bits per heavy atom. The summed E-state index contributed by atoms with van der Waals surface area (Å²) < 4.78 is 0. The van der Waals surface area contributed by atoms with Crippen molar-refractivity contribution in [3.63, 3.8) is 0 Å². The van der Waals surface area contributed by atoms with Gasteiger partial charge in [0.25, 0.3) is 0 Å². The average Bonchev–Trinajstić information content (AvgIpc) is 2.14. The van der Waals surface area contributed by atoms with Crippen molar-refractivity contribution >= 4 is 0 Å². The summed E-state index contributed by atoms with van der Waals surface area (Å²) in [5, 5.41) is 0. The number of rotatable bonds is 4. The Morgan fingerprint density at radius 3 is 2.59 bits per heavy atom. The van der Waals surface area contributed by atoms with Crippen LogP contribution in [0.4, 0.5) is 0 Å². The lowest BCUT2D eigenvalue weighted by molar-refractivity contribution is 0.0901. The van der Waals surface area contributed by atoms with E-state index in [1.54, 1.807) is 0 Å². The molecule has 0 bridgehead atoms. The molecule has 1 aliphatic rings. The van der Waals surface area contributed by atoms with Crippen LogP contribution < -0.4 is 5.73 Å². The molecule has 2 atom stereocenters. The van der Waals surface area contributed by atoms with Crippen molar-refractivity contribution in [2.24, 2.45) is 11.7 Å². The van der Waals surface area contributed by atoms with E-state index in [2.05, 4.69) is 39.2 Å². The smallest absolute Gasteiger partial charge is 0.0286 e. The minimum atomic E-state index is 0.00789. The van der Waals surface area contributed by atoms with Crippen molar-refractivity contribution in [3.05, 3.63) is 12.7 Å². The van der Waals surface area contributed by atoms with Crippen LogP contribution in [0.2, 0.25) is 0 Å². The number of nitrogens with zero attached hydrogens (tertiary/aromatic N) is 1. The van der Waals surface area contributed by atoms with Crippen LogP contribution in [-0.4, -0.2) is 29.1 Å². The molecular weight excluding hydrogens is 208 g/mol. The predicted octanol–water partition coefficient (Wildman–Crippen LogP) is 3.18. The molecule has 0 spiro atoms. The normalized spacial score (nSPS) is 30.6. The van der Waals surface area contributed by atoms with E-state index in [1.165, 1.54) is 19.3 Å². The van der Waals surface area contributed by atoms with Crippen molar-refractivity contribution in [3.8, 4) is 0 Å². The Labute approximate surface area is 107 Å². The molecule has 1 fully saturated rings. The third-order valence-electron chi connectivity index (χ3n) is 3.93. The molecule has 100 valence electrons. The molecule has 2 heteroatoms. The van der Waals surface area contributed by atoms with E-state index >= 15 is 0 Å². The van der Waals surface area contributed by atoms with Crippen molar-refractivity contribution < 1.29 is 0 Å². The summed E-state index contributed by atoms with van der Waals surface area (Å²) in [6.45, 7) is 14.9. The zero-order valence-electron chi connectivity index (χ0n) is 12.1. The van der Waals surface area contributed by atoms with Gasteiger partial charge in [0.05, 0.1) is 0 Å². The van der Waals surface area contributed by atoms with E-state index in [9.17, 15) is 0 Å². The first-order valence-electron chi connectivity index (χ1n) is 6.92. The first-order chi connectivity index (χ1) is 7.77. The van der Waals surface area contributed by atoms with Gasteiger partial charge in [0.15, 0.2) is 0 Å². The zero-order chi connectivity index (χ0) is 13.1. The number of nitrogens with two attached hydrogens (primary N) is 1. The summed E-state index contributed by atoms with van der Waals surface area (Å²) in [6.07, 6.45) is 6.94. The molecule has 2 unspecified atom stereocenters. The fraction of sp³-hybridized carbons (Fsp3) is 0.867. The van der Waals surface area contributed by atoms with Gasteiger partial charge in [0.1, 0.15) is 0 Å². The molecule has 2 N–H and O–H groups in total. The molecule has 0 aliphatic heterocycles. The topological polar surface area (TPSA) is 29.3 Å². The predicted molar refractivity (Wildman–Crippen MR) is 76.1 cm³/mol. The molecule has 1 saturated carbocycles. The lowest BCUT2D eigenvalue weighted by Crippen LogP contribution is -2.56. The van der Waals surface area contributed by atoms with Gasteiger partial charge < -0.3 is 5.73 Å². The fourth-order valence-corrected chi connectivity index (χ4v) is 2.96. The number of hydrogen-bond acceptors (Lipinski definition) is 2. The van der Waals surface area contributed by atoms with Crippen molar-refractivity contribution in [2.45, 2.75) is 64.5 Å². The summed E-state index contributed by atoms with van der Waals surface area (Å²) in [5.41, 5.74) is 6.78. The summed E-state index contributed by atoms with van der Waals surface area (Å²) >= 11 is 0. The van der Waals surface area contributed by atoms with E-state index in [-0.39, 0.29) is 11.1 Å². The van der Waals surface area contributed by atoms with Crippen LogP contribution in [0.5, 0.6) is 0 Å². The highest BCUT2D eigenvalue weighted by Crippen LogP contribution is 2.32. The highest BCUT2D eigenvalue weighted by Gasteiger charge is 2.35. The van der Waals surface area contributed by atoms with Crippen molar-refractivity contribution in [1.82, 2.24) is 4.90 Å². The molecule has 0 amide bonds. The summed E-state index contributed by atoms with van der Waals surface area (Å²) in [7, 11) is 0. The van der Waals surface area contributed by atoms with Crippen LogP contribution in [0, 0.1) is 5.92 Å². The largest absolute Gasteiger partial charge is 0.324 e. The molecule has 17 heavy (non-hydrogen) atoms. The molecule has 2 nitrogen and oxygen atoms in total. The zero-order valence-corrected chi connectivity index (χ0v) is 12.1. The van der Waals surface area contributed by atoms with Gasteiger partial charge >= 0.3 is 0 Å². The Balaban J connectivity index is 2.68. The van der Waals surface area contributed by atoms with Gasteiger partial charge in [-0.2, -0.15) is 0 Å². The molecule has 1 aliphatic carbocycles. The van der Waals surface area contributed by atoms with Gasteiger partial charge in [-0.15, -0.1) is 6.58 Å². The molecule has 0 aromatic carbocycles. The van der Waals surface area contributed by atoms with Gasteiger partial charge in [-0.3, -0.25) is 4.90 Å². The first-order valence-corrected chi connectivity index (χ1v) is 6.92. The minimum absolute atomic E-state index is 0.00789. The van der Waals surface area contributed by atoms with Gasteiger partial charge in [0, 0.05) is 24.2 Å². The third-order valence-corrected chi connectivity index (χ3v) is 3.93. The molecular formula is C15H30N2. The second-order valence-electron chi connectivity index (χ2n) is 6.90. The number of hydrogen-bond donors (Lipinski definition) is 1. The summed E-state index contributed by atoms with van der Waals surface area (Å²) in [5.74, 6) is 0.777. The van der Waals surface area contributed by atoms with Gasteiger partial charge in [-0.05, 0) is 39.5 Å². The summed E-state index contributed by atoms with van der Waals surface area (Å²) in [4.78, 5) is 2.46. The van der Waals surface area contributed by atoms with Crippen LogP contribution in [0.1, 0.15) is 53.4 Å². The van der Waals surface area contributed by atoms with Crippen LogP contribution >= 0.6 is 0 Å². The van der Waals surface area contributed by atoms with Crippen molar-refractivity contribution in [2.75, 3.05) is 13.1 Å². The van der Waals surface area contributed by atoms with Crippen LogP contribution in [0.25, 0.3) is 0 Å². The van der Waals surface area contributed by atoms with E-state index in [4.69, 9.17) is 5.73 Å². The van der Waals surface area contributed by atoms with E-state index in [0.717, 1.165) is 25.4 Å². The second-order valence-corrected chi connectivity index (χ2v) is 6.90. The Kier molecular flexibility index (Phi) is 4.79. The van der Waals surface area contributed by atoms with Crippen LogP contribution in [-0.2, 0) is 0 Å². The minimum Gasteiger partial charge on any atom is -0.324 e. The van der Waals surface area contributed by atoms with Gasteiger partial charge in [-0.1, -0.05) is 25.8 Å². The Bertz CT molecular complexity index is 254. The molecule has 0 saturated heterocycles. The van der Waals surface area contributed by atoms with E-state index in [1.807, 2.05) is 6.08 Å². The standard InChI is InChI=1S/C15H30N2/c1-6-10-17(14(3,4)5)12-15(16)9-7-8-13(2)11-15/h6,13H,1,7-12,16H2,2-5H3.